The Morgan fingerprint density at radius 1 is 1.06 bits per heavy atom. The van der Waals surface area contributed by atoms with Crippen molar-refractivity contribution >= 4 is 63.8 Å². The van der Waals surface area contributed by atoms with Crippen LogP contribution in [0.1, 0.15) is 22.3 Å². The molecule has 0 atom stereocenters. The summed E-state index contributed by atoms with van der Waals surface area (Å²) in [7, 11) is 0. The summed E-state index contributed by atoms with van der Waals surface area (Å²) in [5.41, 5.74) is 3.85. The van der Waals surface area contributed by atoms with Crippen LogP contribution in [0.3, 0.4) is 0 Å². The molecule has 0 spiro atoms. The first-order valence-electron chi connectivity index (χ1n) is 11.0. The molecule has 36 heavy (non-hydrogen) atoms. The first kappa shape index (κ1) is 25.8. The smallest absolute Gasteiger partial charge is 0.293 e. The van der Waals surface area contributed by atoms with Gasteiger partial charge in [0, 0.05) is 21.3 Å². The number of carbonyl (C=O) groups is 3. The fourth-order valence-corrected chi connectivity index (χ4v) is 4.74. The number of nitrogens with zero attached hydrogens (tertiary/aromatic N) is 1. The highest BCUT2D eigenvalue weighted by Crippen LogP contribution is 2.35. The van der Waals surface area contributed by atoms with Gasteiger partial charge in [-0.15, -0.1) is 0 Å². The Morgan fingerprint density at radius 3 is 2.61 bits per heavy atom. The van der Waals surface area contributed by atoms with E-state index in [-0.39, 0.29) is 29.2 Å². The molecular formula is C27H22Cl2N2O4S. The van der Waals surface area contributed by atoms with Gasteiger partial charge in [0.2, 0.25) is 0 Å². The van der Waals surface area contributed by atoms with Crippen molar-refractivity contribution in [2.24, 2.45) is 0 Å². The Labute approximate surface area is 223 Å². The highest BCUT2D eigenvalue weighted by Gasteiger charge is 2.35. The summed E-state index contributed by atoms with van der Waals surface area (Å²) in [5.74, 6) is -0.428. The number of hydrogen-bond donors (Lipinski definition) is 1. The summed E-state index contributed by atoms with van der Waals surface area (Å²) >= 11 is 13.1. The lowest BCUT2D eigenvalue weighted by molar-refractivity contribution is -0.123. The zero-order chi connectivity index (χ0) is 25.8. The molecule has 1 aliphatic heterocycles. The van der Waals surface area contributed by atoms with E-state index in [1.54, 1.807) is 36.4 Å². The number of imide groups is 1. The van der Waals surface area contributed by atoms with Crippen LogP contribution < -0.4 is 10.1 Å². The largest absolute Gasteiger partial charge is 0.483 e. The van der Waals surface area contributed by atoms with Crippen molar-refractivity contribution in [1.29, 1.82) is 0 Å². The standard InChI is InChI=1S/C27H22Cl2N2O4S/c1-16-4-3-5-18(10-16)14-31-26(33)24(36-27(31)34)12-19-11-20(28)7-9-23(19)35-15-25(32)30-21-8-6-17(2)22(29)13-21/h3-13H,14-15H2,1-2H3,(H,30,32)/b24-12-. The molecule has 3 aromatic carbocycles. The van der Waals surface area contributed by atoms with Crippen molar-refractivity contribution in [3.8, 4) is 5.75 Å². The van der Waals surface area contributed by atoms with Gasteiger partial charge >= 0.3 is 0 Å². The molecule has 0 aliphatic carbocycles. The van der Waals surface area contributed by atoms with Crippen LogP contribution >= 0.6 is 35.0 Å². The first-order chi connectivity index (χ1) is 17.2. The van der Waals surface area contributed by atoms with E-state index in [0.29, 0.717) is 27.0 Å². The molecule has 9 heteroatoms. The van der Waals surface area contributed by atoms with E-state index in [9.17, 15) is 14.4 Å². The van der Waals surface area contributed by atoms with Crippen LogP contribution in [0.15, 0.2) is 65.6 Å². The minimum absolute atomic E-state index is 0.186. The minimum atomic E-state index is -0.397. The highest BCUT2D eigenvalue weighted by molar-refractivity contribution is 8.18. The van der Waals surface area contributed by atoms with Crippen LogP contribution in [0.25, 0.3) is 6.08 Å². The van der Waals surface area contributed by atoms with Gasteiger partial charge in [0.05, 0.1) is 11.4 Å². The van der Waals surface area contributed by atoms with Gasteiger partial charge < -0.3 is 10.1 Å². The zero-order valence-electron chi connectivity index (χ0n) is 19.5. The van der Waals surface area contributed by atoms with Crippen molar-refractivity contribution in [2.75, 3.05) is 11.9 Å². The maximum absolute atomic E-state index is 13.0. The van der Waals surface area contributed by atoms with Crippen molar-refractivity contribution in [2.45, 2.75) is 20.4 Å². The number of carbonyl (C=O) groups excluding carboxylic acids is 3. The molecule has 1 heterocycles. The van der Waals surface area contributed by atoms with Crippen LogP contribution in [0, 0.1) is 13.8 Å². The summed E-state index contributed by atoms with van der Waals surface area (Å²) in [6, 6.07) is 17.7. The summed E-state index contributed by atoms with van der Waals surface area (Å²) in [4.78, 5) is 39.4. The van der Waals surface area contributed by atoms with E-state index < -0.39 is 5.91 Å². The first-order valence-corrected chi connectivity index (χ1v) is 12.6. The van der Waals surface area contributed by atoms with Crippen LogP contribution in [0.5, 0.6) is 5.75 Å². The predicted octanol–water partition coefficient (Wildman–Crippen LogP) is 6.86. The van der Waals surface area contributed by atoms with Gasteiger partial charge in [0.25, 0.3) is 17.1 Å². The van der Waals surface area contributed by atoms with Crippen molar-refractivity contribution in [3.05, 3.63) is 97.9 Å². The lowest BCUT2D eigenvalue weighted by atomic mass is 10.1. The summed E-state index contributed by atoms with van der Waals surface area (Å²) < 4.78 is 5.72. The molecule has 4 rings (SSSR count). The fraction of sp³-hybridized carbons (Fsp3) is 0.148. The molecule has 3 amide bonds. The number of benzene rings is 3. The summed E-state index contributed by atoms with van der Waals surface area (Å²) in [5, 5.41) is 3.35. The Morgan fingerprint density at radius 2 is 1.86 bits per heavy atom. The maximum atomic E-state index is 13.0. The number of aryl methyl sites for hydroxylation is 2. The second-order valence-electron chi connectivity index (χ2n) is 8.24. The Balaban J connectivity index is 1.47. The number of rotatable bonds is 7. The van der Waals surface area contributed by atoms with Crippen LogP contribution in [0.4, 0.5) is 10.5 Å². The van der Waals surface area contributed by atoms with E-state index in [1.807, 2.05) is 44.2 Å². The molecule has 0 aromatic heterocycles. The molecule has 1 saturated heterocycles. The third-order valence-corrected chi connectivity index (χ3v) is 6.92. The lowest BCUT2D eigenvalue weighted by Crippen LogP contribution is -2.27. The highest BCUT2D eigenvalue weighted by atomic mass is 35.5. The number of thioether (sulfide) groups is 1. The van der Waals surface area contributed by atoms with E-state index in [4.69, 9.17) is 27.9 Å². The Bertz CT molecular complexity index is 1390. The summed E-state index contributed by atoms with van der Waals surface area (Å²) in [6.45, 7) is 3.74. The van der Waals surface area contributed by atoms with Gasteiger partial charge in [0.15, 0.2) is 6.61 Å². The third kappa shape index (κ3) is 6.29. The normalized spacial score (nSPS) is 14.4. The number of nitrogens with one attached hydrogen (secondary N) is 1. The van der Waals surface area contributed by atoms with Gasteiger partial charge in [-0.1, -0.05) is 59.1 Å². The molecule has 3 aromatic rings. The Hall–Kier alpha value is -3.26. The second-order valence-corrected chi connectivity index (χ2v) is 10.1. The summed E-state index contributed by atoms with van der Waals surface area (Å²) in [6.07, 6.45) is 1.56. The molecule has 1 fully saturated rings. The second kappa shape index (κ2) is 11.2. The van der Waals surface area contributed by atoms with Gasteiger partial charge in [-0.3, -0.25) is 19.3 Å². The van der Waals surface area contributed by atoms with Crippen molar-refractivity contribution < 1.29 is 19.1 Å². The number of anilines is 1. The zero-order valence-corrected chi connectivity index (χ0v) is 21.8. The molecule has 0 unspecified atom stereocenters. The quantitative estimate of drug-likeness (QED) is 0.331. The van der Waals surface area contributed by atoms with E-state index in [1.165, 1.54) is 4.90 Å². The van der Waals surface area contributed by atoms with E-state index in [0.717, 1.165) is 28.5 Å². The maximum Gasteiger partial charge on any atom is 0.293 e. The van der Waals surface area contributed by atoms with Crippen LogP contribution in [-0.4, -0.2) is 28.6 Å². The van der Waals surface area contributed by atoms with Gasteiger partial charge in [0.1, 0.15) is 5.75 Å². The lowest BCUT2D eigenvalue weighted by Gasteiger charge is -2.13. The van der Waals surface area contributed by atoms with Crippen molar-refractivity contribution in [3.63, 3.8) is 0 Å². The van der Waals surface area contributed by atoms with Gasteiger partial charge in [-0.2, -0.15) is 0 Å². The molecule has 0 bridgehead atoms. The molecule has 1 N–H and O–H groups in total. The third-order valence-electron chi connectivity index (χ3n) is 5.37. The number of amides is 3. The predicted molar refractivity (Wildman–Crippen MR) is 144 cm³/mol. The molecule has 6 nitrogen and oxygen atoms in total. The average Bonchev–Trinajstić information content (AvgIpc) is 3.08. The van der Waals surface area contributed by atoms with Gasteiger partial charge in [-0.05, 0) is 73.1 Å². The monoisotopic (exact) mass is 540 g/mol. The molecular weight excluding hydrogens is 519 g/mol. The fourth-order valence-electron chi connectivity index (χ4n) is 3.55. The molecule has 184 valence electrons. The molecule has 0 saturated carbocycles. The van der Waals surface area contributed by atoms with Crippen LogP contribution in [-0.2, 0) is 16.1 Å². The van der Waals surface area contributed by atoms with E-state index in [2.05, 4.69) is 5.32 Å². The minimum Gasteiger partial charge on any atom is -0.483 e. The SMILES string of the molecule is Cc1cccc(CN2C(=O)S/C(=C\c3cc(Cl)ccc3OCC(=O)Nc3ccc(C)c(Cl)c3)C2=O)c1. The van der Waals surface area contributed by atoms with E-state index >= 15 is 0 Å². The number of ether oxygens (including phenoxy) is 1. The van der Waals surface area contributed by atoms with Gasteiger partial charge in [-0.25, -0.2) is 0 Å². The average molecular weight is 541 g/mol. The molecule has 0 radical (unpaired) electrons. The van der Waals surface area contributed by atoms with Crippen LogP contribution in [0.2, 0.25) is 10.0 Å². The molecule has 1 aliphatic rings. The number of hydrogen-bond acceptors (Lipinski definition) is 5. The topological polar surface area (TPSA) is 75.7 Å². The van der Waals surface area contributed by atoms with Crippen molar-refractivity contribution in [1.82, 2.24) is 4.90 Å². The number of halogens is 2. The Kier molecular flexibility index (Phi) is 8.04.